The smallest absolute Gasteiger partial charge is 0.236 e. The molecule has 1 amide bonds. The maximum atomic E-state index is 12.1. The first kappa shape index (κ1) is 17.0. The van der Waals surface area contributed by atoms with Crippen LogP contribution in [0.25, 0.3) is 16.2 Å². The number of aromatic nitrogens is 4. The Hall–Kier alpha value is -2.43. The van der Waals surface area contributed by atoms with E-state index in [1.807, 2.05) is 39.4 Å². The largest absolute Gasteiger partial charge is 0.497 e. The second kappa shape index (κ2) is 7.44. The fraction of sp³-hybridized carbons (Fsp3) is 0.125. The number of thioether (sulfide) groups is 1. The first-order valence-corrected chi connectivity index (χ1v) is 10.3. The summed E-state index contributed by atoms with van der Waals surface area (Å²) in [5.74, 6) is 0.915. The third kappa shape index (κ3) is 3.43. The second-order valence-electron chi connectivity index (χ2n) is 5.12. The molecule has 1 aromatic carbocycles. The summed E-state index contributed by atoms with van der Waals surface area (Å²) in [7, 11) is 1.64. The lowest BCUT2D eigenvalue weighted by Gasteiger charge is -2.05. The molecule has 0 fully saturated rings. The molecule has 26 heavy (non-hydrogen) atoms. The molecule has 3 aromatic heterocycles. The van der Waals surface area contributed by atoms with E-state index in [9.17, 15) is 4.79 Å². The minimum Gasteiger partial charge on any atom is -0.497 e. The lowest BCUT2D eigenvalue weighted by atomic mass is 10.2. The quantitative estimate of drug-likeness (QED) is 0.495. The van der Waals surface area contributed by atoms with Gasteiger partial charge in [-0.1, -0.05) is 11.8 Å². The standard InChI is InChI=1S/C16H13N5O2S3/c1-23-11-4-2-10(3-5-11)12-8-25-15-19-20-16(21(12)15)26-9-13(22)18-14-17-6-7-24-14/h2-8H,9H2,1H3,(H,17,18,22). The molecule has 0 aliphatic heterocycles. The van der Waals surface area contributed by atoms with Crippen molar-refractivity contribution in [3.8, 4) is 17.0 Å². The van der Waals surface area contributed by atoms with E-state index in [-0.39, 0.29) is 11.7 Å². The third-order valence-electron chi connectivity index (χ3n) is 3.52. The molecule has 7 nitrogen and oxygen atoms in total. The van der Waals surface area contributed by atoms with Crippen molar-refractivity contribution in [1.82, 2.24) is 19.6 Å². The summed E-state index contributed by atoms with van der Waals surface area (Å²) in [4.78, 5) is 16.9. The van der Waals surface area contributed by atoms with Gasteiger partial charge in [0, 0.05) is 17.0 Å². The molecular weight excluding hydrogens is 390 g/mol. The minimum absolute atomic E-state index is 0.122. The summed E-state index contributed by atoms with van der Waals surface area (Å²) in [6, 6.07) is 7.81. The Labute approximate surface area is 161 Å². The van der Waals surface area contributed by atoms with Crippen molar-refractivity contribution >= 4 is 50.4 Å². The molecule has 0 saturated carbocycles. The number of benzene rings is 1. The van der Waals surface area contributed by atoms with Crippen molar-refractivity contribution < 1.29 is 9.53 Å². The van der Waals surface area contributed by atoms with Gasteiger partial charge >= 0.3 is 0 Å². The van der Waals surface area contributed by atoms with Gasteiger partial charge in [0.25, 0.3) is 0 Å². The number of carbonyl (C=O) groups excluding carboxylic acids is 1. The van der Waals surface area contributed by atoms with Gasteiger partial charge in [-0.05, 0) is 29.8 Å². The van der Waals surface area contributed by atoms with Crippen LogP contribution in [0.3, 0.4) is 0 Å². The second-order valence-corrected chi connectivity index (χ2v) is 7.80. The number of carbonyl (C=O) groups is 1. The van der Waals surface area contributed by atoms with Gasteiger partial charge in [0.15, 0.2) is 10.3 Å². The Bertz CT molecular complexity index is 1020. The fourth-order valence-electron chi connectivity index (χ4n) is 2.32. The third-order valence-corrected chi connectivity index (χ3v) is 5.95. The summed E-state index contributed by atoms with van der Waals surface area (Å²) >= 11 is 4.24. The van der Waals surface area contributed by atoms with Crippen LogP contribution in [0.1, 0.15) is 0 Å². The molecular formula is C16H13N5O2S3. The van der Waals surface area contributed by atoms with Crippen LogP contribution in [-0.4, -0.2) is 38.4 Å². The van der Waals surface area contributed by atoms with E-state index in [2.05, 4.69) is 20.5 Å². The van der Waals surface area contributed by atoms with Crippen molar-refractivity contribution in [2.24, 2.45) is 0 Å². The monoisotopic (exact) mass is 403 g/mol. The molecule has 1 N–H and O–H groups in total. The van der Waals surface area contributed by atoms with E-state index in [4.69, 9.17) is 4.74 Å². The Morgan fingerprint density at radius 2 is 2.12 bits per heavy atom. The van der Waals surface area contributed by atoms with Gasteiger partial charge in [-0.2, -0.15) is 0 Å². The number of nitrogens with one attached hydrogen (secondary N) is 1. The predicted molar refractivity (Wildman–Crippen MR) is 104 cm³/mol. The van der Waals surface area contributed by atoms with Crippen LogP contribution in [0.4, 0.5) is 5.13 Å². The SMILES string of the molecule is COc1ccc(-c2csc3nnc(SCC(=O)Nc4nccs4)n23)cc1. The molecule has 0 spiro atoms. The first-order valence-electron chi connectivity index (χ1n) is 7.54. The number of amides is 1. The van der Waals surface area contributed by atoms with Crippen LogP contribution in [0.5, 0.6) is 5.75 Å². The summed E-state index contributed by atoms with van der Waals surface area (Å²) < 4.78 is 7.18. The normalized spacial score (nSPS) is 11.0. The molecule has 0 atom stereocenters. The van der Waals surface area contributed by atoms with Crippen molar-refractivity contribution in [2.45, 2.75) is 5.16 Å². The molecule has 0 aliphatic carbocycles. The summed E-state index contributed by atoms with van der Waals surface area (Å²) in [6.07, 6.45) is 1.65. The van der Waals surface area contributed by atoms with Crippen LogP contribution in [0.2, 0.25) is 0 Å². The topological polar surface area (TPSA) is 81.4 Å². The van der Waals surface area contributed by atoms with Crippen molar-refractivity contribution in [3.05, 3.63) is 41.2 Å². The van der Waals surface area contributed by atoms with Crippen LogP contribution in [0, 0.1) is 0 Å². The molecule has 132 valence electrons. The van der Waals surface area contributed by atoms with E-state index in [1.54, 1.807) is 13.3 Å². The Kier molecular flexibility index (Phi) is 4.87. The van der Waals surface area contributed by atoms with E-state index < -0.39 is 0 Å². The highest BCUT2D eigenvalue weighted by molar-refractivity contribution is 7.99. The maximum absolute atomic E-state index is 12.1. The number of anilines is 1. The fourth-order valence-corrected chi connectivity index (χ4v) is 4.51. The van der Waals surface area contributed by atoms with Crippen molar-refractivity contribution in [3.63, 3.8) is 0 Å². The molecule has 4 rings (SSSR count). The Morgan fingerprint density at radius 1 is 1.27 bits per heavy atom. The van der Waals surface area contributed by atoms with Gasteiger partial charge in [-0.25, -0.2) is 4.98 Å². The van der Waals surface area contributed by atoms with Crippen LogP contribution >= 0.6 is 34.4 Å². The van der Waals surface area contributed by atoms with Crippen molar-refractivity contribution in [2.75, 3.05) is 18.2 Å². The summed E-state index contributed by atoms with van der Waals surface area (Å²) in [5, 5.41) is 16.3. The molecule has 0 bridgehead atoms. The van der Waals surface area contributed by atoms with E-state index in [0.717, 1.165) is 22.0 Å². The Balaban J connectivity index is 1.54. The number of rotatable bonds is 6. The Morgan fingerprint density at radius 3 is 2.85 bits per heavy atom. The van der Waals surface area contributed by atoms with Gasteiger partial charge < -0.3 is 10.1 Å². The van der Waals surface area contributed by atoms with Crippen molar-refractivity contribution in [1.29, 1.82) is 0 Å². The average molecular weight is 404 g/mol. The summed E-state index contributed by atoms with van der Waals surface area (Å²) in [5.41, 5.74) is 2.02. The number of methoxy groups -OCH3 is 1. The molecule has 0 saturated heterocycles. The van der Waals surface area contributed by atoms with Crippen LogP contribution < -0.4 is 10.1 Å². The zero-order valence-electron chi connectivity index (χ0n) is 13.6. The zero-order chi connectivity index (χ0) is 17.9. The van der Waals surface area contributed by atoms with E-state index in [1.165, 1.54) is 34.4 Å². The first-order chi connectivity index (χ1) is 12.7. The highest BCUT2D eigenvalue weighted by Gasteiger charge is 2.15. The van der Waals surface area contributed by atoms with E-state index >= 15 is 0 Å². The molecule has 3 heterocycles. The number of thiazole rings is 2. The molecule has 0 radical (unpaired) electrons. The number of hydrogen-bond acceptors (Lipinski definition) is 8. The van der Waals surface area contributed by atoms with Crippen LogP contribution in [0.15, 0.2) is 46.4 Å². The van der Waals surface area contributed by atoms with Gasteiger partial charge in [-0.3, -0.25) is 9.20 Å². The van der Waals surface area contributed by atoms with Gasteiger partial charge in [0.05, 0.1) is 18.6 Å². The maximum Gasteiger partial charge on any atom is 0.236 e. The molecule has 4 aromatic rings. The lowest BCUT2D eigenvalue weighted by Crippen LogP contribution is -2.14. The van der Waals surface area contributed by atoms with Gasteiger partial charge in [0.2, 0.25) is 10.9 Å². The highest BCUT2D eigenvalue weighted by Crippen LogP contribution is 2.30. The highest BCUT2D eigenvalue weighted by atomic mass is 32.2. The number of nitrogens with zero attached hydrogens (tertiary/aromatic N) is 4. The predicted octanol–water partition coefficient (Wildman–Crippen LogP) is 3.65. The lowest BCUT2D eigenvalue weighted by molar-refractivity contribution is -0.113. The molecule has 0 aliphatic rings. The zero-order valence-corrected chi connectivity index (χ0v) is 16.0. The average Bonchev–Trinajstić information content (AvgIpc) is 3.38. The molecule has 0 unspecified atom stereocenters. The van der Waals surface area contributed by atoms with E-state index in [0.29, 0.717) is 10.3 Å². The summed E-state index contributed by atoms with van der Waals surface area (Å²) in [6.45, 7) is 0. The van der Waals surface area contributed by atoms with Gasteiger partial charge in [0.1, 0.15) is 5.75 Å². The van der Waals surface area contributed by atoms with Crippen LogP contribution in [-0.2, 0) is 4.79 Å². The number of hydrogen-bond donors (Lipinski definition) is 1. The number of fused-ring (bicyclic) bond motifs is 1. The molecule has 10 heteroatoms. The van der Waals surface area contributed by atoms with Gasteiger partial charge in [-0.15, -0.1) is 32.9 Å². The number of ether oxygens (including phenoxy) is 1. The minimum atomic E-state index is -0.122.